The Morgan fingerprint density at radius 1 is 1.33 bits per heavy atom. The summed E-state index contributed by atoms with van der Waals surface area (Å²) in [6.07, 6.45) is 1.27. The Morgan fingerprint density at radius 3 is 2.75 bits per heavy atom. The lowest BCUT2D eigenvalue weighted by molar-refractivity contribution is 1.10. The van der Waals surface area contributed by atoms with Gasteiger partial charge in [0.25, 0.3) is 0 Å². The lowest BCUT2D eigenvalue weighted by Gasteiger charge is -2.02. The minimum absolute atomic E-state index is 1.16. The van der Waals surface area contributed by atoms with Crippen LogP contribution in [0.25, 0.3) is 0 Å². The molecule has 0 aliphatic rings. The number of halogens is 1. The lowest BCUT2D eigenvalue weighted by Crippen LogP contribution is -1.85. The summed E-state index contributed by atoms with van der Waals surface area (Å²) < 4.78 is 1.39. The van der Waals surface area contributed by atoms with Gasteiger partial charge in [0.15, 0.2) is 0 Å². The van der Waals surface area contributed by atoms with Gasteiger partial charge in [-0.1, -0.05) is 25.1 Å². The van der Waals surface area contributed by atoms with E-state index in [0.717, 1.165) is 5.75 Å². The highest BCUT2D eigenvalue weighted by atomic mass is 127. The molecule has 0 aliphatic carbocycles. The summed E-state index contributed by atoms with van der Waals surface area (Å²) in [6.45, 7) is 2.23. The van der Waals surface area contributed by atoms with Gasteiger partial charge in [-0.05, 0) is 46.4 Å². The fourth-order valence-electron chi connectivity index (χ4n) is 0.942. The molecule has 66 valence electrons. The van der Waals surface area contributed by atoms with Crippen molar-refractivity contribution in [2.45, 2.75) is 19.1 Å². The maximum atomic E-state index is 2.40. The van der Waals surface area contributed by atoms with E-state index in [4.69, 9.17) is 0 Å². The quantitative estimate of drug-likeness (QED) is 0.598. The highest BCUT2D eigenvalue weighted by molar-refractivity contribution is 14.1. The maximum Gasteiger partial charge on any atom is 0.0195 e. The van der Waals surface area contributed by atoms with E-state index in [1.807, 2.05) is 11.8 Å². The molecule has 1 rings (SSSR count). The fraction of sp³-hybridized carbons (Fsp3) is 0.400. The monoisotopic (exact) mass is 292 g/mol. The molecule has 0 amide bonds. The summed E-state index contributed by atoms with van der Waals surface area (Å²) in [5.41, 5.74) is 1.47. The van der Waals surface area contributed by atoms with Gasteiger partial charge in [0.2, 0.25) is 0 Å². The molecule has 0 saturated heterocycles. The predicted molar refractivity (Wildman–Crippen MR) is 65.6 cm³/mol. The number of thioether (sulfide) groups is 1. The SMILES string of the molecule is CCCSCc1ccccc1I. The summed E-state index contributed by atoms with van der Waals surface area (Å²) >= 11 is 4.41. The van der Waals surface area contributed by atoms with Crippen molar-refractivity contribution in [2.24, 2.45) is 0 Å². The van der Waals surface area contributed by atoms with Crippen LogP contribution in [-0.2, 0) is 5.75 Å². The summed E-state index contributed by atoms with van der Waals surface area (Å²) in [7, 11) is 0. The van der Waals surface area contributed by atoms with Crippen molar-refractivity contribution >= 4 is 34.4 Å². The molecule has 1 aromatic carbocycles. The van der Waals surface area contributed by atoms with Crippen LogP contribution in [0.5, 0.6) is 0 Å². The molecule has 12 heavy (non-hydrogen) atoms. The molecule has 0 N–H and O–H groups in total. The molecule has 0 bridgehead atoms. The summed E-state index contributed by atoms with van der Waals surface area (Å²) in [4.78, 5) is 0. The third kappa shape index (κ3) is 3.35. The van der Waals surface area contributed by atoms with E-state index in [1.165, 1.54) is 21.3 Å². The molecule has 0 heterocycles. The van der Waals surface area contributed by atoms with Crippen molar-refractivity contribution in [3.05, 3.63) is 33.4 Å². The topological polar surface area (TPSA) is 0 Å². The van der Waals surface area contributed by atoms with Crippen LogP contribution < -0.4 is 0 Å². The van der Waals surface area contributed by atoms with E-state index in [2.05, 4.69) is 53.8 Å². The number of hydrogen-bond acceptors (Lipinski definition) is 1. The van der Waals surface area contributed by atoms with Crippen LogP contribution in [0.4, 0.5) is 0 Å². The van der Waals surface area contributed by atoms with E-state index >= 15 is 0 Å². The van der Waals surface area contributed by atoms with E-state index in [-0.39, 0.29) is 0 Å². The molecule has 0 radical (unpaired) electrons. The van der Waals surface area contributed by atoms with Gasteiger partial charge in [-0.25, -0.2) is 0 Å². The highest BCUT2D eigenvalue weighted by Crippen LogP contribution is 2.18. The van der Waals surface area contributed by atoms with E-state index in [9.17, 15) is 0 Å². The van der Waals surface area contributed by atoms with Crippen molar-refractivity contribution < 1.29 is 0 Å². The van der Waals surface area contributed by atoms with Gasteiger partial charge in [-0.3, -0.25) is 0 Å². The zero-order chi connectivity index (χ0) is 8.81. The zero-order valence-corrected chi connectivity index (χ0v) is 10.2. The first-order valence-electron chi connectivity index (χ1n) is 4.15. The van der Waals surface area contributed by atoms with Crippen LogP contribution in [0.3, 0.4) is 0 Å². The van der Waals surface area contributed by atoms with Gasteiger partial charge in [-0.15, -0.1) is 0 Å². The van der Waals surface area contributed by atoms with Crippen LogP contribution in [0.2, 0.25) is 0 Å². The second-order valence-corrected chi connectivity index (χ2v) is 4.91. The lowest BCUT2D eigenvalue weighted by atomic mass is 10.2. The molecule has 0 aromatic heterocycles. The normalized spacial score (nSPS) is 10.2. The molecule has 0 unspecified atom stereocenters. The summed E-state index contributed by atoms with van der Waals surface area (Å²) in [5, 5.41) is 0. The largest absolute Gasteiger partial charge is 0.157 e. The highest BCUT2D eigenvalue weighted by Gasteiger charge is 1.96. The Balaban J connectivity index is 2.46. The smallest absolute Gasteiger partial charge is 0.0195 e. The second-order valence-electron chi connectivity index (χ2n) is 2.64. The second kappa shape index (κ2) is 5.86. The fourth-order valence-corrected chi connectivity index (χ4v) is 2.68. The Hall–Kier alpha value is 0.300. The predicted octanol–water partition coefficient (Wildman–Crippen LogP) is 3.93. The molecular formula is C10H13IS. The number of rotatable bonds is 4. The van der Waals surface area contributed by atoms with Crippen molar-refractivity contribution in [3.8, 4) is 0 Å². The minimum Gasteiger partial charge on any atom is -0.157 e. The first-order valence-corrected chi connectivity index (χ1v) is 6.39. The molecule has 0 spiro atoms. The standard InChI is InChI=1S/C10H13IS/c1-2-7-12-8-9-5-3-4-6-10(9)11/h3-6H,2,7-8H2,1H3. The Bertz CT molecular complexity index is 235. The van der Waals surface area contributed by atoms with Crippen LogP contribution in [0.1, 0.15) is 18.9 Å². The van der Waals surface area contributed by atoms with Crippen molar-refractivity contribution in [1.29, 1.82) is 0 Å². The van der Waals surface area contributed by atoms with Crippen molar-refractivity contribution in [2.75, 3.05) is 5.75 Å². The van der Waals surface area contributed by atoms with Crippen LogP contribution in [-0.4, -0.2) is 5.75 Å². The Morgan fingerprint density at radius 2 is 2.08 bits per heavy atom. The molecular weight excluding hydrogens is 279 g/mol. The van der Waals surface area contributed by atoms with Gasteiger partial charge >= 0.3 is 0 Å². The van der Waals surface area contributed by atoms with Gasteiger partial charge in [0.05, 0.1) is 0 Å². The van der Waals surface area contributed by atoms with E-state index in [0.29, 0.717) is 0 Å². The van der Waals surface area contributed by atoms with Gasteiger partial charge < -0.3 is 0 Å². The summed E-state index contributed by atoms with van der Waals surface area (Å²) in [6, 6.07) is 8.59. The number of hydrogen-bond donors (Lipinski definition) is 0. The van der Waals surface area contributed by atoms with Crippen LogP contribution >= 0.6 is 34.4 Å². The van der Waals surface area contributed by atoms with Gasteiger partial charge in [0, 0.05) is 9.32 Å². The molecule has 0 aliphatic heterocycles. The molecule has 0 nitrogen and oxygen atoms in total. The Kier molecular flexibility index (Phi) is 5.07. The summed E-state index contributed by atoms with van der Waals surface area (Å²) in [5.74, 6) is 2.43. The molecule has 2 heteroatoms. The molecule has 1 aromatic rings. The van der Waals surface area contributed by atoms with E-state index in [1.54, 1.807) is 0 Å². The third-order valence-corrected chi connectivity index (χ3v) is 3.83. The van der Waals surface area contributed by atoms with Crippen LogP contribution in [0.15, 0.2) is 24.3 Å². The number of benzene rings is 1. The van der Waals surface area contributed by atoms with E-state index < -0.39 is 0 Å². The van der Waals surface area contributed by atoms with Crippen molar-refractivity contribution in [1.82, 2.24) is 0 Å². The average Bonchev–Trinajstić information content (AvgIpc) is 2.09. The average molecular weight is 292 g/mol. The molecule has 0 fully saturated rings. The molecule has 0 saturated carbocycles. The zero-order valence-electron chi connectivity index (χ0n) is 7.22. The third-order valence-electron chi connectivity index (χ3n) is 1.56. The minimum atomic E-state index is 1.16. The molecule has 0 atom stereocenters. The Labute approximate surface area is 92.3 Å². The van der Waals surface area contributed by atoms with Crippen molar-refractivity contribution in [3.63, 3.8) is 0 Å². The van der Waals surface area contributed by atoms with Gasteiger partial charge in [-0.2, -0.15) is 11.8 Å². The first-order chi connectivity index (χ1) is 5.84. The van der Waals surface area contributed by atoms with Crippen LogP contribution in [0, 0.1) is 3.57 Å². The maximum absolute atomic E-state index is 2.40. The first kappa shape index (κ1) is 10.4. The van der Waals surface area contributed by atoms with Gasteiger partial charge in [0.1, 0.15) is 0 Å².